The molecular weight excluding hydrogens is 146 g/mol. The second-order valence-electron chi connectivity index (χ2n) is 2.02. The maximum Gasteiger partial charge on any atom is 0.259 e. The van der Waals surface area contributed by atoms with Crippen LogP contribution in [0.5, 0.6) is 5.88 Å². The Labute approximate surface area is 61.3 Å². The first-order valence-electron chi connectivity index (χ1n) is 2.92. The molecule has 0 aliphatic rings. The van der Waals surface area contributed by atoms with Crippen molar-refractivity contribution in [2.75, 3.05) is 5.73 Å². The minimum atomic E-state index is -0.206. The minimum Gasteiger partial charge on any atom is -0.491 e. The molecule has 6 nitrogen and oxygen atoms in total. The van der Waals surface area contributed by atoms with Crippen molar-refractivity contribution in [3.63, 3.8) is 0 Å². The molecule has 0 fully saturated rings. The average molecular weight is 151 g/mol. The van der Waals surface area contributed by atoms with Gasteiger partial charge in [-0.2, -0.15) is 10.1 Å². The van der Waals surface area contributed by atoms with E-state index in [9.17, 15) is 0 Å². The Bertz CT molecular complexity index is 395. The first kappa shape index (κ1) is 5.90. The molecule has 0 unspecified atom stereocenters. The number of aromatic hydroxyl groups is 1. The molecular formula is C5H5N5O. The molecule has 0 atom stereocenters. The predicted molar refractivity (Wildman–Crippen MR) is 36.9 cm³/mol. The third-order valence-corrected chi connectivity index (χ3v) is 1.26. The van der Waals surface area contributed by atoms with Crippen LogP contribution in [-0.4, -0.2) is 24.7 Å². The van der Waals surface area contributed by atoms with E-state index < -0.39 is 0 Å². The van der Waals surface area contributed by atoms with Crippen molar-refractivity contribution in [2.45, 2.75) is 0 Å². The quantitative estimate of drug-likeness (QED) is 0.525. The number of anilines is 1. The topological polar surface area (TPSA) is 89.3 Å². The second kappa shape index (κ2) is 1.82. The highest BCUT2D eigenvalue weighted by atomic mass is 16.3. The molecule has 2 heterocycles. The Morgan fingerprint density at radius 2 is 2.36 bits per heavy atom. The van der Waals surface area contributed by atoms with Crippen molar-refractivity contribution in [3.8, 4) is 5.88 Å². The fourth-order valence-electron chi connectivity index (χ4n) is 0.831. The maximum atomic E-state index is 9.13. The number of fused-ring (bicyclic) bond motifs is 1. The zero-order chi connectivity index (χ0) is 7.84. The summed E-state index contributed by atoms with van der Waals surface area (Å²) in [4.78, 5) is 7.33. The van der Waals surface area contributed by atoms with Gasteiger partial charge < -0.3 is 10.8 Å². The van der Waals surface area contributed by atoms with Gasteiger partial charge in [0.25, 0.3) is 5.88 Å². The number of nitrogens with two attached hydrogens (primary N) is 1. The summed E-state index contributed by atoms with van der Waals surface area (Å²) < 4.78 is 1.36. The lowest BCUT2D eigenvalue weighted by Gasteiger charge is -1.95. The van der Waals surface area contributed by atoms with E-state index in [1.54, 1.807) is 0 Å². The molecule has 0 saturated carbocycles. The van der Waals surface area contributed by atoms with Crippen LogP contribution >= 0.6 is 0 Å². The van der Waals surface area contributed by atoms with E-state index in [0.717, 1.165) is 0 Å². The lowest BCUT2D eigenvalue weighted by molar-refractivity contribution is 0.456. The van der Waals surface area contributed by atoms with Crippen LogP contribution in [0.3, 0.4) is 0 Å². The normalized spacial score (nSPS) is 10.5. The van der Waals surface area contributed by atoms with Gasteiger partial charge in [0.05, 0.1) is 6.20 Å². The summed E-state index contributed by atoms with van der Waals surface area (Å²) in [5, 5.41) is 12.9. The average Bonchev–Trinajstić information content (AvgIpc) is 2.34. The predicted octanol–water partition coefficient (Wildman–Crippen LogP) is -0.588. The summed E-state index contributed by atoms with van der Waals surface area (Å²) in [5.41, 5.74) is 5.63. The first-order valence-corrected chi connectivity index (χ1v) is 2.92. The summed E-state index contributed by atoms with van der Waals surface area (Å²) in [6.45, 7) is 0. The van der Waals surface area contributed by atoms with E-state index >= 15 is 0 Å². The molecule has 6 heteroatoms. The standard InChI is InChI=1S/C5H5N5O/c6-3-1-10-4(5(11)9-3)7-2-8-10/h1-2H,6H2,(H,9,11). The largest absolute Gasteiger partial charge is 0.491 e. The van der Waals surface area contributed by atoms with Crippen LogP contribution < -0.4 is 5.73 Å². The number of nitrogens with zero attached hydrogens (tertiary/aromatic N) is 4. The molecule has 0 aliphatic carbocycles. The van der Waals surface area contributed by atoms with Crippen LogP contribution in [0.15, 0.2) is 12.5 Å². The molecule has 0 bridgehead atoms. The molecule has 0 aromatic carbocycles. The van der Waals surface area contributed by atoms with Crippen LogP contribution in [0.25, 0.3) is 5.65 Å². The molecule has 2 aromatic heterocycles. The summed E-state index contributed by atoms with van der Waals surface area (Å²) in [6.07, 6.45) is 2.79. The molecule has 3 N–H and O–H groups in total. The Hall–Kier alpha value is -1.85. The van der Waals surface area contributed by atoms with Crippen molar-refractivity contribution >= 4 is 11.5 Å². The number of rotatable bonds is 0. The van der Waals surface area contributed by atoms with Crippen LogP contribution in [0, 0.1) is 0 Å². The number of aromatic nitrogens is 4. The summed E-state index contributed by atoms with van der Waals surface area (Å²) in [7, 11) is 0. The second-order valence-corrected chi connectivity index (χ2v) is 2.02. The van der Waals surface area contributed by atoms with E-state index in [1.807, 2.05) is 0 Å². The van der Waals surface area contributed by atoms with Crippen molar-refractivity contribution in [2.24, 2.45) is 0 Å². The van der Waals surface area contributed by atoms with Crippen LogP contribution in [0.1, 0.15) is 0 Å². The zero-order valence-corrected chi connectivity index (χ0v) is 5.47. The Morgan fingerprint density at radius 1 is 1.55 bits per heavy atom. The molecule has 56 valence electrons. The third-order valence-electron chi connectivity index (χ3n) is 1.26. The van der Waals surface area contributed by atoms with Crippen LogP contribution in [0.2, 0.25) is 0 Å². The van der Waals surface area contributed by atoms with E-state index in [1.165, 1.54) is 17.0 Å². The van der Waals surface area contributed by atoms with Gasteiger partial charge in [-0.25, -0.2) is 9.50 Å². The number of hydrogen-bond donors (Lipinski definition) is 2. The van der Waals surface area contributed by atoms with Crippen molar-refractivity contribution < 1.29 is 5.11 Å². The lowest BCUT2D eigenvalue weighted by atomic mass is 10.6. The van der Waals surface area contributed by atoms with Crippen molar-refractivity contribution in [3.05, 3.63) is 12.5 Å². The molecule has 0 saturated heterocycles. The fraction of sp³-hybridized carbons (Fsp3) is 0. The van der Waals surface area contributed by atoms with Gasteiger partial charge in [0.15, 0.2) is 0 Å². The molecule has 0 aliphatic heterocycles. The molecule has 0 amide bonds. The Morgan fingerprint density at radius 3 is 3.18 bits per heavy atom. The summed E-state index contributed by atoms with van der Waals surface area (Å²) >= 11 is 0. The van der Waals surface area contributed by atoms with Crippen LogP contribution in [0.4, 0.5) is 5.82 Å². The van der Waals surface area contributed by atoms with Gasteiger partial charge in [-0.15, -0.1) is 0 Å². The van der Waals surface area contributed by atoms with Gasteiger partial charge in [0, 0.05) is 0 Å². The van der Waals surface area contributed by atoms with Gasteiger partial charge in [0.1, 0.15) is 12.1 Å². The zero-order valence-electron chi connectivity index (χ0n) is 5.47. The number of hydrogen-bond acceptors (Lipinski definition) is 5. The highest BCUT2D eigenvalue weighted by Gasteiger charge is 2.03. The third kappa shape index (κ3) is 0.759. The van der Waals surface area contributed by atoms with Gasteiger partial charge in [-0.3, -0.25) is 0 Å². The Kier molecular flexibility index (Phi) is 0.974. The lowest BCUT2D eigenvalue weighted by Crippen LogP contribution is -1.96. The monoisotopic (exact) mass is 151 g/mol. The van der Waals surface area contributed by atoms with Gasteiger partial charge in [0.2, 0.25) is 5.65 Å². The molecule has 2 aromatic rings. The van der Waals surface area contributed by atoms with Crippen molar-refractivity contribution in [1.82, 2.24) is 19.6 Å². The van der Waals surface area contributed by atoms with Gasteiger partial charge in [-0.05, 0) is 0 Å². The summed E-state index contributed by atoms with van der Waals surface area (Å²) in [5.74, 6) is 0.00278. The van der Waals surface area contributed by atoms with Crippen LogP contribution in [-0.2, 0) is 0 Å². The molecule has 0 spiro atoms. The maximum absolute atomic E-state index is 9.13. The van der Waals surface area contributed by atoms with Gasteiger partial charge in [-0.1, -0.05) is 0 Å². The Balaban J connectivity index is 2.91. The molecule has 0 radical (unpaired) electrons. The van der Waals surface area contributed by atoms with Gasteiger partial charge >= 0.3 is 0 Å². The van der Waals surface area contributed by atoms with Crippen molar-refractivity contribution in [1.29, 1.82) is 0 Å². The highest BCUT2D eigenvalue weighted by Crippen LogP contribution is 2.12. The summed E-state index contributed by atoms with van der Waals surface area (Å²) in [6, 6.07) is 0. The van der Waals surface area contributed by atoms with E-state index in [4.69, 9.17) is 10.8 Å². The minimum absolute atomic E-state index is 0.206. The smallest absolute Gasteiger partial charge is 0.259 e. The molecule has 11 heavy (non-hydrogen) atoms. The van der Waals surface area contributed by atoms with E-state index in [2.05, 4.69) is 15.1 Å². The molecule has 2 rings (SSSR count). The number of nitrogen functional groups attached to an aromatic ring is 1. The van der Waals surface area contributed by atoms with E-state index in [-0.39, 0.29) is 11.7 Å². The van der Waals surface area contributed by atoms with E-state index in [0.29, 0.717) is 5.65 Å². The first-order chi connectivity index (χ1) is 5.27. The fourth-order valence-corrected chi connectivity index (χ4v) is 0.831. The highest BCUT2D eigenvalue weighted by molar-refractivity contribution is 5.49. The SMILES string of the molecule is Nc1cn2ncnc2c(O)n1.